The number of aromatic amines is 1. The number of fused-ring (bicyclic) bond motifs is 1. The first-order chi connectivity index (χ1) is 9.72. The molecule has 0 bridgehead atoms. The maximum absolute atomic E-state index is 11.5. The minimum atomic E-state index is 0.114. The van der Waals surface area contributed by atoms with E-state index in [9.17, 15) is 4.79 Å². The molecule has 1 fully saturated rings. The smallest absolute Gasteiger partial charge is 0.224 e. The maximum atomic E-state index is 11.5. The predicted octanol–water partition coefficient (Wildman–Crippen LogP) is 0.406. The molecule has 8 heteroatoms. The van der Waals surface area contributed by atoms with Gasteiger partial charge in [0, 0.05) is 19.0 Å². The van der Waals surface area contributed by atoms with E-state index in [1.807, 2.05) is 0 Å². The number of aromatic nitrogens is 4. The highest BCUT2D eigenvalue weighted by atomic mass is 16.1. The van der Waals surface area contributed by atoms with Crippen LogP contribution in [0.2, 0.25) is 0 Å². The molecular weight excluding hydrogens is 258 g/mol. The maximum Gasteiger partial charge on any atom is 0.224 e. The number of hydrogen-bond acceptors (Lipinski definition) is 6. The highest BCUT2D eigenvalue weighted by Crippen LogP contribution is 2.19. The quantitative estimate of drug-likeness (QED) is 0.566. The fourth-order valence-electron chi connectivity index (χ4n) is 1.96. The molecule has 1 saturated carbocycles. The average Bonchev–Trinajstić information content (AvgIpc) is 3.09. The van der Waals surface area contributed by atoms with Gasteiger partial charge in [0.1, 0.15) is 5.52 Å². The Morgan fingerprint density at radius 2 is 2.30 bits per heavy atom. The van der Waals surface area contributed by atoms with Gasteiger partial charge in [-0.3, -0.25) is 4.79 Å². The van der Waals surface area contributed by atoms with Gasteiger partial charge in [0.05, 0.1) is 6.33 Å². The Kier molecular flexibility index (Phi) is 3.36. The number of nitrogens with zero attached hydrogens (tertiary/aromatic N) is 3. The number of amides is 1. The van der Waals surface area contributed by atoms with Crippen LogP contribution in [0.4, 0.5) is 11.8 Å². The van der Waals surface area contributed by atoms with Crippen molar-refractivity contribution in [2.24, 2.45) is 0 Å². The second-order valence-electron chi connectivity index (χ2n) is 4.90. The summed E-state index contributed by atoms with van der Waals surface area (Å²) in [5.41, 5.74) is 6.88. The minimum Gasteiger partial charge on any atom is -0.368 e. The lowest BCUT2D eigenvalue weighted by molar-refractivity contribution is -0.121. The van der Waals surface area contributed by atoms with Crippen LogP contribution in [0.3, 0.4) is 0 Å². The van der Waals surface area contributed by atoms with Crippen LogP contribution in [-0.2, 0) is 4.79 Å². The standard InChI is InChI=1S/C12H17N7O/c13-12-18-10(9-11(19-12)16-6-15-9)14-5-1-2-8(20)17-7-3-4-7/h6-7H,1-5H2,(H,17,20)(H4,13,14,15,16,18,19). The van der Waals surface area contributed by atoms with Crippen molar-refractivity contribution in [1.29, 1.82) is 0 Å². The molecule has 106 valence electrons. The van der Waals surface area contributed by atoms with E-state index < -0.39 is 0 Å². The third kappa shape index (κ3) is 2.95. The Bertz CT molecular complexity index is 619. The predicted molar refractivity (Wildman–Crippen MR) is 75.0 cm³/mol. The molecule has 8 nitrogen and oxygen atoms in total. The summed E-state index contributed by atoms with van der Waals surface area (Å²) in [7, 11) is 0. The molecule has 1 amide bonds. The minimum absolute atomic E-state index is 0.114. The van der Waals surface area contributed by atoms with Crippen molar-refractivity contribution < 1.29 is 4.79 Å². The van der Waals surface area contributed by atoms with E-state index in [0.717, 1.165) is 24.8 Å². The van der Waals surface area contributed by atoms with Gasteiger partial charge in [-0.2, -0.15) is 9.97 Å². The Morgan fingerprint density at radius 3 is 3.10 bits per heavy atom. The number of imidazole rings is 1. The van der Waals surface area contributed by atoms with Crippen molar-refractivity contribution in [3.8, 4) is 0 Å². The molecular formula is C12H17N7O. The molecule has 0 radical (unpaired) electrons. The first kappa shape index (κ1) is 12.6. The lowest BCUT2D eigenvalue weighted by Gasteiger charge is -2.07. The highest BCUT2D eigenvalue weighted by molar-refractivity contribution is 5.83. The van der Waals surface area contributed by atoms with Crippen molar-refractivity contribution in [3.05, 3.63) is 6.33 Å². The van der Waals surface area contributed by atoms with Gasteiger partial charge in [-0.1, -0.05) is 0 Å². The van der Waals surface area contributed by atoms with Crippen LogP contribution in [0.25, 0.3) is 11.2 Å². The van der Waals surface area contributed by atoms with Crippen LogP contribution in [-0.4, -0.2) is 38.4 Å². The fraction of sp³-hybridized carbons (Fsp3) is 0.500. The summed E-state index contributed by atoms with van der Waals surface area (Å²) < 4.78 is 0. The number of nitrogens with one attached hydrogen (secondary N) is 3. The molecule has 1 aliphatic rings. The number of hydrogen-bond donors (Lipinski definition) is 4. The molecule has 2 heterocycles. The molecule has 0 spiro atoms. The van der Waals surface area contributed by atoms with Gasteiger partial charge < -0.3 is 21.4 Å². The van der Waals surface area contributed by atoms with Crippen LogP contribution in [0.1, 0.15) is 25.7 Å². The summed E-state index contributed by atoms with van der Waals surface area (Å²) in [6.07, 6.45) is 5.02. The molecule has 2 aromatic heterocycles. The number of H-pyrrole nitrogens is 1. The van der Waals surface area contributed by atoms with Crippen molar-refractivity contribution in [3.63, 3.8) is 0 Å². The third-order valence-corrected chi connectivity index (χ3v) is 3.12. The summed E-state index contributed by atoms with van der Waals surface area (Å²) in [6.45, 7) is 0.642. The van der Waals surface area contributed by atoms with E-state index >= 15 is 0 Å². The molecule has 3 rings (SSSR count). The van der Waals surface area contributed by atoms with E-state index in [0.29, 0.717) is 30.5 Å². The molecule has 2 aromatic rings. The van der Waals surface area contributed by atoms with Crippen molar-refractivity contribution in [2.45, 2.75) is 31.7 Å². The topological polar surface area (TPSA) is 122 Å². The summed E-state index contributed by atoms with van der Waals surface area (Å²) in [6, 6.07) is 0.418. The second kappa shape index (κ2) is 5.32. The highest BCUT2D eigenvalue weighted by Gasteiger charge is 2.22. The summed E-state index contributed by atoms with van der Waals surface area (Å²) in [4.78, 5) is 26.7. The van der Waals surface area contributed by atoms with Gasteiger partial charge in [-0.15, -0.1) is 0 Å². The van der Waals surface area contributed by atoms with Gasteiger partial charge in [-0.25, -0.2) is 4.98 Å². The molecule has 0 aromatic carbocycles. The lowest BCUT2D eigenvalue weighted by Crippen LogP contribution is -2.25. The molecule has 1 aliphatic carbocycles. The summed E-state index contributed by atoms with van der Waals surface area (Å²) in [5.74, 6) is 0.911. The second-order valence-corrected chi connectivity index (χ2v) is 4.90. The Labute approximate surface area is 115 Å². The van der Waals surface area contributed by atoms with Gasteiger partial charge >= 0.3 is 0 Å². The average molecular weight is 275 g/mol. The number of rotatable bonds is 6. The first-order valence-electron chi connectivity index (χ1n) is 6.72. The lowest BCUT2D eigenvalue weighted by atomic mass is 10.3. The van der Waals surface area contributed by atoms with Crippen molar-refractivity contribution in [2.75, 3.05) is 17.6 Å². The van der Waals surface area contributed by atoms with Crippen LogP contribution in [0.15, 0.2) is 6.33 Å². The van der Waals surface area contributed by atoms with Gasteiger partial charge in [0.2, 0.25) is 11.9 Å². The molecule has 0 aliphatic heterocycles. The first-order valence-corrected chi connectivity index (χ1v) is 6.72. The monoisotopic (exact) mass is 275 g/mol. The van der Waals surface area contributed by atoms with Crippen LogP contribution >= 0.6 is 0 Å². The summed E-state index contributed by atoms with van der Waals surface area (Å²) >= 11 is 0. The van der Waals surface area contributed by atoms with Crippen LogP contribution in [0, 0.1) is 0 Å². The Balaban J connectivity index is 1.51. The zero-order chi connectivity index (χ0) is 13.9. The summed E-state index contributed by atoms with van der Waals surface area (Å²) in [5, 5.41) is 6.12. The molecule has 5 N–H and O–H groups in total. The Morgan fingerprint density at radius 1 is 1.45 bits per heavy atom. The largest absolute Gasteiger partial charge is 0.368 e. The van der Waals surface area contributed by atoms with Gasteiger partial charge in [0.15, 0.2) is 11.5 Å². The van der Waals surface area contributed by atoms with Crippen LogP contribution in [0.5, 0.6) is 0 Å². The SMILES string of the molecule is Nc1nc(NCCCC(=O)NC2CC2)c2[nH]cnc2n1. The van der Waals surface area contributed by atoms with E-state index in [2.05, 4.69) is 30.6 Å². The number of carbonyl (C=O) groups excluding carboxylic acids is 1. The van der Waals surface area contributed by atoms with E-state index in [4.69, 9.17) is 5.73 Å². The number of anilines is 2. The van der Waals surface area contributed by atoms with Crippen LogP contribution < -0.4 is 16.4 Å². The molecule has 0 saturated heterocycles. The fourth-order valence-corrected chi connectivity index (χ4v) is 1.96. The molecule has 20 heavy (non-hydrogen) atoms. The zero-order valence-electron chi connectivity index (χ0n) is 11.0. The van der Waals surface area contributed by atoms with E-state index in [1.165, 1.54) is 0 Å². The number of nitrogen functional groups attached to an aromatic ring is 1. The van der Waals surface area contributed by atoms with Crippen molar-refractivity contribution >= 4 is 28.8 Å². The molecule has 0 atom stereocenters. The molecule has 0 unspecified atom stereocenters. The number of nitrogens with two attached hydrogens (primary N) is 1. The van der Waals surface area contributed by atoms with E-state index in [-0.39, 0.29) is 11.9 Å². The Hall–Kier alpha value is -2.38. The van der Waals surface area contributed by atoms with Crippen molar-refractivity contribution in [1.82, 2.24) is 25.3 Å². The van der Waals surface area contributed by atoms with Gasteiger partial charge in [0.25, 0.3) is 0 Å². The normalized spacial score (nSPS) is 14.4. The van der Waals surface area contributed by atoms with Gasteiger partial charge in [-0.05, 0) is 19.3 Å². The number of carbonyl (C=O) groups is 1. The van der Waals surface area contributed by atoms with E-state index in [1.54, 1.807) is 6.33 Å². The third-order valence-electron chi connectivity index (χ3n) is 3.12. The zero-order valence-corrected chi connectivity index (χ0v) is 11.0.